The molecule has 9 heteroatoms. The Hall–Kier alpha value is -5.72. The molecule has 4 aromatic carbocycles. The van der Waals surface area contributed by atoms with Crippen LogP contribution in [-0.4, -0.2) is 51.9 Å². The van der Waals surface area contributed by atoms with E-state index in [2.05, 4.69) is 5.92 Å². The zero-order valence-corrected chi connectivity index (χ0v) is 23.1. The first-order chi connectivity index (χ1) is 21.2. The molecule has 5 rings (SSSR count). The van der Waals surface area contributed by atoms with Gasteiger partial charge in [-0.3, -0.25) is 0 Å². The van der Waals surface area contributed by atoms with E-state index in [1.165, 1.54) is 48.5 Å². The molecule has 0 saturated carbocycles. The molecule has 0 radical (unpaired) electrons. The molecule has 1 fully saturated rings. The summed E-state index contributed by atoms with van der Waals surface area (Å²) >= 11 is 0. The third kappa shape index (κ3) is 5.19. The van der Waals surface area contributed by atoms with E-state index in [0.717, 1.165) is 0 Å². The van der Waals surface area contributed by atoms with Gasteiger partial charge in [-0.15, -0.1) is 6.42 Å². The van der Waals surface area contributed by atoms with Crippen LogP contribution in [0.1, 0.15) is 70.1 Å². The number of carboxylic acid groups (broad SMARTS) is 3. The molecule has 44 heavy (non-hydrogen) atoms. The summed E-state index contributed by atoms with van der Waals surface area (Å²) in [5.74, 6) is -2.88. The topological polar surface area (TPSA) is 147 Å². The predicted molar refractivity (Wildman–Crippen MR) is 158 cm³/mol. The summed E-state index contributed by atoms with van der Waals surface area (Å²) < 4.78 is 12.2. The summed E-state index contributed by atoms with van der Waals surface area (Å²) in [7, 11) is 0. The second kappa shape index (κ2) is 12.3. The maximum absolute atomic E-state index is 13.0. The van der Waals surface area contributed by atoms with Gasteiger partial charge >= 0.3 is 23.9 Å². The summed E-state index contributed by atoms with van der Waals surface area (Å²) in [6.07, 6.45) is 3.93. The SMILES string of the molecule is C#C[C@]1(c2ccccc2C(=O)O)[C@@H](c2ccccc2C(=O)O)O[C@@H](COC(=O)c2ccccc2)[C@@H]1c1ccccc1C(=O)O. The molecule has 4 aromatic rings. The number of rotatable bonds is 9. The minimum atomic E-state index is -1.78. The molecular formula is C35H26O9. The van der Waals surface area contributed by atoms with E-state index in [0.29, 0.717) is 0 Å². The largest absolute Gasteiger partial charge is 0.478 e. The Kier molecular flexibility index (Phi) is 8.29. The van der Waals surface area contributed by atoms with Gasteiger partial charge < -0.3 is 24.8 Å². The lowest BCUT2D eigenvalue weighted by Gasteiger charge is -2.37. The molecule has 9 nitrogen and oxygen atoms in total. The highest BCUT2D eigenvalue weighted by Gasteiger charge is 2.60. The van der Waals surface area contributed by atoms with E-state index in [-0.39, 0.29) is 38.9 Å². The predicted octanol–water partition coefficient (Wildman–Crippen LogP) is 5.43. The zero-order chi connectivity index (χ0) is 31.4. The Bertz CT molecular complexity index is 1790. The molecule has 220 valence electrons. The van der Waals surface area contributed by atoms with Crippen LogP contribution in [0.15, 0.2) is 103 Å². The molecule has 0 aliphatic carbocycles. The number of hydrogen-bond acceptors (Lipinski definition) is 6. The van der Waals surface area contributed by atoms with Crippen molar-refractivity contribution in [2.45, 2.75) is 23.5 Å². The molecule has 4 atom stereocenters. The summed E-state index contributed by atoms with van der Waals surface area (Å²) in [4.78, 5) is 50.4. The van der Waals surface area contributed by atoms with Crippen molar-refractivity contribution >= 4 is 23.9 Å². The smallest absolute Gasteiger partial charge is 0.338 e. The highest BCUT2D eigenvalue weighted by Crippen LogP contribution is 2.59. The number of terminal acetylenes is 1. The maximum Gasteiger partial charge on any atom is 0.338 e. The molecule has 1 heterocycles. The Balaban J connectivity index is 1.80. The minimum Gasteiger partial charge on any atom is -0.478 e. The summed E-state index contributed by atoms with van der Waals surface area (Å²) in [5, 5.41) is 30.5. The Morgan fingerprint density at radius 2 is 1.20 bits per heavy atom. The second-order valence-corrected chi connectivity index (χ2v) is 10.1. The van der Waals surface area contributed by atoms with Crippen molar-refractivity contribution < 1.29 is 44.0 Å². The fraction of sp³-hybridized carbons (Fsp3) is 0.143. The van der Waals surface area contributed by atoms with Crippen LogP contribution in [0.2, 0.25) is 0 Å². The molecule has 3 N–H and O–H groups in total. The van der Waals surface area contributed by atoms with E-state index in [4.69, 9.17) is 15.9 Å². The van der Waals surface area contributed by atoms with Crippen molar-refractivity contribution in [1.82, 2.24) is 0 Å². The van der Waals surface area contributed by atoms with E-state index in [9.17, 15) is 34.5 Å². The number of ether oxygens (including phenoxy) is 2. The number of carbonyl (C=O) groups excluding carboxylic acids is 1. The highest BCUT2D eigenvalue weighted by molar-refractivity contribution is 5.93. The molecule has 1 aliphatic rings. The average molecular weight is 591 g/mol. The van der Waals surface area contributed by atoms with Gasteiger partial charge in [0.2, 0.25) is 0 Å². The molecule has 0 unspecified atom stereocenters. The summed E-state index contributed by atoms with van der Waals surface area (Å²) in [5.41, 5.74) is -1.50. The van der Waals surface area contributed by atoms with E-state index in [1.54, 1.807) is 54.6 Å². The van der Waals surface area contributed by atoms with Gasteiger partial charge in [0.1, 0.15) is 18.8 Å². The number of benzene rings is 4. The number of esters is 1. The maximum atomic E-state index is 13.0. The van der Waals surface area contributed by atoms with Gasteiger partial charge in [0.15, 0.2) is 0 Å². The van der Waals surface area contributed by atoms with Crippen LogP contribution < -0.4 is 0 Å². The number of aromatic carboxylic acids is 3. The van der Waals surface area contributed by atoms with Crippen LogP contribution in [-0.2, 0) is 14.9 Å². The van der Waals surface area contributed by atoms with Crippen molar-refractivity contribution in [2.24, 2.45) is 0 Å². The van der Waals surface area contributed by atoms with E-state index < -0.39 is 54.0 Å². The summed E-state index contributed by atoms with van der Waals surface area (Å²) in [6, 6.07) is 26.3. The fourth-order valence-corrected chi connectivity index (χ4v) is 6.00. The Labute approximate surface area is 252 Å². The van der Waals surface area contributed by atoms with Crippen molar-refractivity contribution in [3.63, 3.8) is 0 Å². The lowest BCUT2D eigenvalue weighted by atomic mass is 9.62. The van der Waals surface area contributed by atoms with Gasteiger partial charge in [-0.2, -0.15) is 0 Å². The fourth-order valence-electron chi connectivity index (χ4n) is 6.00. The van der Waals surface area contributed by atoms with Crippen LogP contribution >= 0.6 is 0 Å². The second-order valence-electron chi connectivity index (χ2n) is 10.1. The normalized spacial score (nSPS) is 20.8. The molecule has 1 aliphatic heterocycles. The monoisotopic (exact) mass is 590 g/mol. The molecular weight excluding hydrogens is 564 g/mol. The van der Waals surface area contributed by atoms with Gasteiger partial charge in [-0.25, -0.2) is 19.2 Å². The lowest BCUT2D eigenvalue weighted by Crippen LogP contribution is -2.39. The molecule has 0 amide bonds. The van der Waals surface area contributed by atoms with Gasteiger partial charge in [0.05, 0.1) is 27.7 Å². The molecule has 0 bridgehead atoms. The number of carboxylic acids is 3. The Morgan fingerprint density at radius 3 is 1.80 bits per heavy atom. The summed E-state index contributed by atoms with van der Waals surface area (Å²) in [6.45, 7) is -0.406. The van der Waals surface area contributed by atoms with Crippen molar-refractivity contribution in [3.05, 3.63) is 142 Å². The minimum absolute atomic E-state index is 0.113. The van der Waals surface area contributed by atoms with Gasteiger partial charge in [-0.05, 0) is 47.0 Å². The first kappa shape index (κ1) is 29.8. The van der Waals surface area contributed by atoms with Crippen LogP contribution in [0.25, 0.3) is 0 Å². The van der Waals surface area contributed by atoms with Crippen LogP contribution in [0.4, 0.5) is 0 Å². The third-order valence-electron chi connectivity index (χ3n) is 7.82. The zero-order valence-electron chi connectivity index (χ0n) is 23.1. The standard InChI is InChI=1S/C35H26O9/c1-2-35(27-19-11-10-18-26(27)33(40)41)29(22-14-6-8-16-24(22)31(36)37)28(20-43-34(42)21-12-4-3-5-13-21)44-30(35)23-15-7-9-17-25(23)32(38)39/h1,3-19,28-30H,20H2,(H,36,37)(H,38,39)(H,40,41)/t28-,29-,30+,35+/m0/s1. The van der Waals surface area contributed by atoms with Crippen molar-refractivity contribution in [1.29, 1.82) is 0 Å². The van der Waals surface area contributed by atoms with Gasteiger partial charge in [0, 0.05) is 5.92 Å². The number of hydrogen-bond donors (Lipinski definition) is 3. The van der Waals surface area contributed by atoms with E-state index >= 15 is 0 Å². The first-order valence-electron chi connectivity index (χ1n) is 13.5. The van der Waals surface area contributed by atoms with Crippen molar-refractivity contribution in [3.8, 4) is 12.3 Å². The third-order valence-corrected chi connectivity index (χ3v) is 7.82. The van der Waals surface area contributed by atoms with E-state index in [1.807, 2.05) is 0 Å². The lowest BCUT2D eigenvalue weighted by molar-refractivity contribution is -0.0149. The van der Waals surface area contributed by atoms with Gasteiger partial charge in [0.25, 0.3) is 0 Å². The molecule has 0 aromatic heterocycles. The van der Waals surface area contributed by atoms with Gasteiger partial charge in [-0.1, -0.05) is 78.7 Å². The van der Waals surface area contributed by atoms with Crippen LogP contribution in [0, 0.1) is 12.3 Å². The van der Waals surface area contributed by atoms with Crippen LogP contribution in [0.3, 0.4) is 0 Å². The quantitative estimate of drug-likeness (QED) is 0.171. The number of carbonyl (C=O) groups is 4. The first-order valence-corrected chi connectivity index (χ1v) is 13.5. The van der Waals surface area contributed by atoms with Crippen LogP contribution in [0.5, 0.6) is 0 Å². The molecule has 1 saturated heterocycles. The highest BCUT2D eigenvalue weighted by atomic mass is 16.6. The molecule has 0 spiro atoms. The Morgan fingerprint density at radius 1 is 0.705 bits per heavy atom. The van der Waals surface area contributed by atoms with Crippen molar-refractivity contribution in [2.75, 3.05) is 6.61 Å². The average Bonchev–Trinajstić information content (AvgIpc) is 3.38.